The molecule has 2 saturated heterocycles. The van der Waals surface area contributed by atoms with Gasteiger partial charge >= 0.3 is 0 Å². The molecule has 0 unspecified atom stereocenters. The first-order chi connectivity index (χ1) is 16.9. The molecule has 188 valence electrons. The van der Waals surface area contributed by atoms with Crippen LogP contribution in [-0.4, -0.2) is 89.5 Å². The maximum Gasteiger partial charge on any atom is 0.227 e. The number of benzene rings is 1. The Kier molecular flexibility index (Phi) is 8.72. The smallest absolute Gasteiger partial charge is 0.227 e. The lowest BCUT2D eigenvalue weighted by atomic mass is 10.2. The van der Waals surface area contributed by atoms with Gasteiger partial charge in [0.15, 0.2) is 5.11 Å². The van der Waals surface area contributed by atoms with Crippen molar-refractivity contribution >= 4 is 46.9 Å². The topological polar surface area (TPSA) is 89.2 Å². The van der Waals surface area contributed by atoms with Crippen LogP contribution in [0, 0.1) is 0 Å². The Labute approximate surface area is 217 Å². The number of hydrogen-bond donors (Lipinski definition) is 2. The fourth-order valence-corrected chi connectivity index (χ4v) is 4.71. The van der Waals surface area contributed by atoms with Gasteiger partial charge < -0.3 is 15.5 Å². The van der Waals surface area contributed by atoms with Crippen molar-refractivity contribution in [2.24, 2.45) is 10.8 Å². The van der Waals surface area contributed by atoms with Crippen molar-refractivity contribution in [3.05, 3.63) is 46.6 Å². The molecule has 2 aliphatic heterocycles. The van der Waals surface area contributed by atoms with Crippen LogP contribution in [-0.2, 0) is 6.54 Å². The molecule has 3 heterocycles. The first kappa shape index (κ1) is 25.6. The molecule has 3 N–H and O–H groups in total. The Morgan fingerprint density at radius 1 is 1.11 bits per heavy atom. The van der Waals surface area contributed by atoms with Crippen LogP contribution in [0.4, 0.5) is 11.8 Å². The second-order valence-electron chi connectivity index (χ2n) is 9.15. The number of thiocarbonyl (C=S) groups is 1. The summed E-state index contributed by atoms with van der Waals surface area (Å²) in [6.07, 6.45) is 3.53. The van der Waals surface area contributed by atoms with Crippen LogP contribution >= 0.6 is 23.8 Å². The number of rotatable bonds is 7. The molecule has 4 rings (SSSR count). The maximum atomic E-state index is 6.36. The second kappa shape index (κ2) is 11.9. The second-order valence-corrected chi connectivity index (χ2v) is 10.0. The fourth-order valence-electron chi connectivity index (χ4n) is 4.46. The molecule has 0 aliphatic carbocycles. The van der Waals surface area contributed by atoms with E-state index in [-0.39, 0.29) is 5.11 Å². The van der Waals surface area contributed by atoms with E-state index >= 15 is 0 Å². The summed E-state index contributed by atoms with van der Waals surface area (Å²) in [5, 5.41) is 5.10. The number of hydrazone groups is 1. The van der Waals surface area contributed by atoms with Gasteiger partial charge in [0.1, 0.15) is 5.82 Å². The lowest BCUT2D eigenvalue weighted by Crippen LogP contribution is -2.49. The Balaban J connectivity index is 1.46. The molecule has 0 saturated carbocycles. The molecule has 11 heteroatoms. The molecule has 0 bridgehead atoms. The summed E-state index contributed by atoms with van der Waals surface area (Å²) >= 11 is 11.2. The van der Waals surface area contributed by atoms with E-state index in [0.717, 1.165) is 86.8 Å². The Hall–Kier alpha value is -2.53. The van der Waals surface area contributed by atoms with Crippen molar-refractivity contribution in [1.82, 2.24) is 25.2 Å². The standard InChI is InChI=1S/C24H34ClN9S/c1-18(2)32-11-13-33(14-12-32)22-20(16-28-30-23(26)35)15-27-24(29-22)34-9-7-31(8-10-34)17-19-5-3-4-6-21(19)25/h3-6,15-16,18H,7-14,17H2,1-2H3,(H3,26,30,35)/b28-16+. The third-order valence-corrected chi connectivity index (χ3v) is 6.97. The maximum absolute atomic E-state index is 6.36. The molecule has 1 aromatic heterocycles. The zero-order chi connectivity index (χ0) is 24.8. The number of hydrogen-bond acceptors (Lipinski definition) is 8. The highest BCUT2D eigenvalue weighted by atomic mass is 35.5. The molecule has 1 aromatic carbocycles. The van der Waals surface area contributed by atoms with Crippen LogP contribution in [0.2, 0.25) is 5.02 Å². The zero-order valence-electron chi connectivity index (χ0n) is 20.4. The predicted molar refractivity (Wildman–Crippen MR) is 147 cm³/mol. The largest absolute Gasteiger partial charge is 0.375 e. The van der Waals surface area contributed by atoms with Gasteiger partial charge in [-0.2, -0.15) is 10.1 Å². The highest BCUT2D eigenvalue weighted by Gasteiger charge is 2.25. The van der Waals surface area contributed by atoms with E-state index in [1.807, 2.05) is 24.4 Å². The Bertz CT molecular complexity index is 1030. The number of nitrogens with zero attached hydrogens (tertiary/aromatic N) is 7. The van der Waals surface area contributed by atoms with Crippen LogP contribution in [0.25, 0.3) is 0 Å². The van der Waals surface area contributed by atoms with Gasteiger partial charge in [-0.25, -0.2) is 4.98 Å². The van der Waals surface area contributed by atoms with Gasteiger partial charge in [0.05, 0.1) is 11.8 Å². The van der Waals surface area contributed by atoms with Crippen molar-refractivity contribution in [1.29, 1.82) is 0 Å². The van der Waals surface area contributed by atoms with Crippen molar-refractivity contribution in [2.45, 2.75) is 26.4 Å². The van der Waals surface area contributed by atoms with Crippen molar-refractivity contribution in [3.63, 3.8) is 0 Å². The minimum absolute atomic E-state index is 0.126. The molecule has 2 fully saturated rings. The highest BCUT2D eigenvalue weighted by molar-refractivity contribution is 7.80. The molecule has 0 atom stereocenters. The molecule has 0 spiro atoms. The van der Waals surface area contributed by atoms with Crippen LogP contribution < -0.4 is 21.0 Å². The summed E-state index contributed by atoms with van der Waals surface area (Å²) in [5.74, 6) is 1.65. The molecular formula is C24H34ClN9S. The van der Waals surface area contributed by atoms with Crippen molar-refractivity contribution < 1.29 is 0 Å². The van der Waals surface area contributed by atoms with E-state index in [9.17, 15) is 0 Å². The van der Waals surface area contributed by atoms with Crippen molar-refractivity contribution in [2.75, 3.05) is 62.2 Å². The van der Waals surface area contributed by atoms with Gasteiger partial charge in [-0.1, -0.05) is 29.8 Å². The summed E-state index contributed by atoms with van der Waals surface area (Å²) in [7, 11) is 0. The normalized spacial score (nSPS) is 17.9. The minimum Gasteiger partial charge on any atom is -0.375 e. The summed E-state index contributed by atoms with van der Waals surface area (Å²) < 4.78 is 0. The molecule has 2 aromatic rings. The van der Waals surface area contributed by atoms with E-state index in [1.54, 1.807) is 6.21 Å². The van der Waals surface area contributed by atoms with Crippen molar-refractivity contribution in [3.8, 4) is 0 Å². The molecular weight excluding hydrogens is 482 g/mol. The summed E-state index contributed by atoms with van der Waals surface area (Å²) in [6.45, 7) is 12.7. The van der Waals surface area contributed by atoms with Gasteiger partial charge in [0, 0.05) is 76.2 Å². The summed E-state index contributed by atoms with van der Waals surface area (Å²) in [5.41, 5.74) is 10.1. The van der Waals surface area contributed by atoms with Crippen LogP contribution in [0.15, 0.2) is 35.6 Å². The molecule has 0 amide bonds. The average molecular weight is 516 g/mol. The van der Waals surface area contributed by atoms with Crippen LogP contribution in [0.1, 0.15) is 25.0 Å². The molecule has 0 radical (unpaired) electrons. The average Bonchev–Trinajstić information content (AvgIpc) is 2.86. The first-order valence-corrected chi connectivity index (χ1v) is 12.8. The third-order valence-electron chi connectivity index (χ3n) is 6.51. The van der Waals surface area contributed by atoms with Gasteiger partial charge in [-0.3, -0.25) is 15.2 Å². The van der Waals surface area contributed by atoms with Crippen LogP contribution in [0.3, 0.4) is 0 Å². The van der Waals surface area contributed by atoms with Gasteiger partial charge in [-0.15, -0.1) is 0 Å². The van der Waals surface area contributed by atoms with E-state index in [4.69, 9.17) is 34.5 Å². The number of piperazine rings is 2. The SMILES string of the molecule is CC(C)N1CCN(c2nc(N3CCN(Cc4ccccc4Cl)CC3)ncc2/C=N/NC(N)=S)CC1. The monoisotopic (exact) mass is 515 g/mol. The highest BCUT2D eigenvalue weighted by Crippen LogP contribution is 2.23. The van der Waals surface area contributed by atoms with Gasteiger partial charge in [0.2, 0.25) is 5.95 Å². The lowest BCUT2D eigenvalue weighted by Gasteiger charge is -2.38. The minimum atomic E-state index is 0.126. The molecule has 9 nitrogen and oxygen atoms in total. The van der Waals surface area contributed by atoms with E-state index < -0.39 is 0 Å². The fraction of sp³-hybridized carbons (Fsp3) is 0.500. The number of nitrogens with one attached hydrogen (secondary N) is 1. The Morgan fingerprint density at radius 2 is 1.80 bits per heavy atom. The number of anilines is 2. The number of aromatic nitrogens is 2. The molecule has 2 aliphatic rings. The van der Waals surface area contributed by atoms with Gasteiger partial charge in [-0.05, 0) is 37.7 Å². The third kappa shape index (κ3) is 6.78. The quantitative estimate of drug-likeness (QED) is 0.327. The van der Waals surface area contributed by atoms with E-state index in [1.165, 1.54) is 0 Å². The summed E-state index contributed by atoms with van der Waals surface area (Å²) in [4.78, 5) is 19.2. The zero-order valence-corrected chi connectivity index (χ0v) is 22.0. The number of nitrogens with two attached hydrogens (primary N) is 1. The Morgan fingerprint density at radius 3 is 2.46 bits per heavy atom. The number of halogens is 1. The molecule has 35 heavy (non-hydrogen) atoms. The summed E-state index contributed by atoms with van der Waals surface area (Å²) in [6, 6.07) is 8.59. The van der Waals surface area contributed by atoms with Gasteiger partial charge in [0.25, 0.3) is 0 Å². The predicted octanol–water partition coefficient (Wildman–Crippen LogP) is 2.15. The lowest BCUT2D eigenvalue weighted by molar-refractivity contribution is 0.209. The van der Waals surface area contributed by atoms with E-state index in [0.29, 0.717) is 6.04 Å². The first-order valence-electron chi connectivity index (χ1n) is 12.1. The van der Waals surface area contributed by atoms with Crippen LogP contribution in [0.5, 0.6) is 0 Å². The van der Waals surface area contributed by atoms with E-state index in [2.05, 4.69) is 55.0 Å².